The maximum atomic E-state index is 12.5. The van der Waals surface area contributed by atoms with Gasteiger partial charge in [-0.1, -0.05) is 18.2 Å². The zero-order chi connectivity index (χ0) is 16.9. The number of nitrogens with one attached hydrogen (secondary N) is 1. The van der Waals surface area contributed by atoms with Gasteiger partial charge in [-0.25, -0.2) is 4.79 Å². The first-order chi connectivity index (χ1) is 11.7. The number of para-hydroxylation sites is 1. The molecule has 1 N–H and O–H groups in total. The lowest BCUT2D eigenvalue weighted by atomic mass is 9.97. The number of benzene rings is 1. The maximum Gasteiger partial charge on any atom is 0.410 e. The summed E-state index contributed by atoms with van der Waals surface area (Å²) in [6.45, 7) is 3.07. The molecule has 1 aliphatic heterocycles. The fourth-order valence-electron chi connectivity index (χ4n) is 2.78. The SMILES string of the molecule is CCOC(=O)N1CCc2c(cncc2C(=O)Nc2ccccc2)C1. The number of fused-ring (bicyclic) bond motifs is 1. The van der Waals surface area contributed by atoms with Crippen molar-refractivity contribution in [1.82, 2.24) is 9.88 Å². The van der Waals surface area contributed by atoms with Gasteiger partial charge in [0.1, 0.15) is 0 Å². The van der Waals surface area contributed by atoms with Crippen molar-refractivity contribution < 1.29 is 14.3 Å². The highest BCUT2D eigenvalue weighted by atomic mass is 16.6. The molecule has 2 amide bonds. The minimum atomic E-state index is -0.331. The third-order valence-electron chi connectivity index (χ3n) is 3.94. The summed E-state index contributed by atoms with van der Waals surface area (Å²) in [5.41, 5.74) is 3.12. The molecule has 0 bridgehead atoms. The van der Waals surface area contributed by atoms with Crippen LogP contribution in [-0.4, -0.2) is 35.0 Å². The van der Waals surface area contributed by atoms with Crippen LogP contribution in [0.3, 0.4) is 0 Å². The van der Waals surface area contributed by atoms with Gasteiger partial charge < -0.3 is 15.0 Å². The lowest BCUT2D eigenvalue weighted by molar-refractivity contribution is 0.101. The smallest absolute Gasteiger partial charge is 0.410 e. The molecule has 0 fully saturated rings. The first-order valence-corrected chi connectivity index (χ1v) is 7.93. The van der Waals surface area contributed by atoms with Gasteiger partial charge in [0.2, 0.25) is 0 Å². The normalized spacial score (nSPS) is 13.1. The predicted molar refractivity (Wildman–Crippen MR) is 89.8 cm³/mol. The number of rotatable bonds is 3. The Morgan fingerprint density at radius 2 is 2.04 bits per heavy atom. The van der Waals surface area contributed by atoms with Gasteiger partial charge in [-0.05, 0) is 36.6 Å². The molecule has 2 aromatic rings. The first-order valence-electron chi connectivity index (χ1n) is 7.93. The Morgan fingerprint density at radius 1 is 1.25 bits per heavy atom. The Kier molecular flexibility index (Phi) is 4.74. The third-order valence-corrected chi connectivity index (χ3v) is 3.94. The molecule has 24 heavy (non-hydrogen) atoms. The second-order valence-electron chi connectivity index (χ2n) is 5.52. The van der Waals surface area contributed by atoms with Gasteiger partial charge in [-0.3, -0.25) is 9.78 Å². The molecule has 0 saturated heterocycles. The van der Waals surface area contributed by atoms with Crippen LogP contribution in [0.1, 0.15) is 28.4 Å². The molecule has 0 saturated carbocycles. The Balaban J connectivity index is 1.79. The molecule has 0 atom stereocenters. The third kappa shape index (κ3) is 3.37. The highest BCUT2D eigenvalue weighted by Crippen LogP contribution is 2.23. The van der Waals surface area contributed by atoms with E-state index in [0.717, 1.165) is 16.8 Å². The van der Waals surface area contributed by atoms with E-state index in [-0.39, 0.29) is 12.0 Å². The summed E-state index contributed by atoms with van der Waals surface area (Å²) in [5, 5.41) is 2.88. The molecule has 0 unspecified atom stereocenters. The van der Waals surface area contributed by atoms with Crippen molar-refractivity contribution in [2.24, 2.45) is 0 Å². The lowest BCUT2D eigenvalue weighted by Gasteiger charge is -2.28. The highest BCUT2D eigenvalue weighted by Gasteiger charge is 2.25. The van der Waals surface area contributed by atoms with Gasteiger partial charge in [-0.15, -0.1) is 0 Å². The topological polar surface area (TPSA) is 71.5 Å². The Labute approximate surface area is 140 Å². The summed E-state index contributed by atoms with van der Waals surface area (Å²) in [7, 11) is 0. The van der Waals surface area contributed by atoms with Crippen molar-refractivity contribution in [3.05, 3.63) is 59.4 Å². The molecular formula is C18H19N3O3. The van der Waals surface area contributed by atoms with Gasteiger partial charge in [-0.2, -0.15) is 0 Å². The van der Waals surface area contributed by atoms with E-state index in [1.54, 1.807) is 24.2 Å². The molecule has 2 heterocycles. The number of hydrogen-bond acceptors (Lipinski definition) is 4. The fraction of sp³-hybridized carbons (Fsp3) is 0.278. The summed E-state index contributed by atoms with van der Waals surface area (Å²) in [4.78, 5) is 30.2. The Bertz CT molecular complexity index is 746. The van der Waals surface area contributed by atoms with Gasteiger partial charge in [0, 0.05) is 24.6 Å². The average Bonchev–Trinajstić information content (AvgIpc) is 2.61. The second kappa shape index (κ2) is 7.12. The van der Waals surface area contributed by atoms with Gasteiger partial charge >= 0.3 is 6.09 Å². The maximum absolute atomic E-state index is 12.5. The second-order valence-corrected chi connectivity index (χ2v) is 5.52. The van der Waals surface area contributed by atoms with Crippen LogP contribution in [0, 0.1) is 0 Å². The molecule has 0 radical (unpaired) electrons. The number of ether oxygens (including phenoxy) is 1. The van der Waals surface area contributed by atoms with Crippen LogP contribution in [0.5, 0.6) is 0 Å². The molecule has 1 aliphatic rings. The van der Waals surface area contributed by atoms with Gasteiger partial charge in [0.05, 0.1) is 18.7 Å². The van der Waals surface area contributed by atoms with Crippen molar-refractivity contribution in [3.63, 3.8) is 0 Å². The predicted octanol–water partition coefficient (Wildman–Crippen LogP) is 2.85. The van der Waals surface area contributed by atoms with Crippen molar-refractivity contribution in [1.29, 1.82) is 0 Å². The van der Waals surface area contributed by atoms with Crippen LogP contribution >= 0.6 is 0 Å². The van der Waals surface area contributed by atoms with E-state index in [1.807, 2.05) is 30.3 Å². The van der Waals surface area contributed by atoms with Crippen LogP contribution < -0.4 is 5.32 Å². The average molecular weight is 325 g/mol. The van der Waals surface area contributed by atoms with E-state index in [0.29, 0.717) is 31.7 Å². The first kappa shape index (κ1) is 16.0. The molecule has 1 aromatic heterocycles. The van der Waals surface area contributed by atoms with Crippen molar-refractivity contribution in [3.8, 4) is 0 Å². The molecule has 124 valence electrons. The van der Waals surface area contributed by atoms with E-state index >= 15 is 0 Å². The van der Waals surface area contributed by atoms with Crippen LogP contribution in [-0.2, 0) is 17.7 Å². The fourth-order valence-corrected chi connectivity index (χ4v) is 2.78. The number of amides is 2. The summed E-state index contributed by atoms with van der Waals surface area (Å²) in [5.74, 6) is -0.185. The number of hydrogen-bond donors (Lipinski definition) is 1. The summed E-state index contributed by atoms with van der Waals surface area (Å²) >= 11 is 0. The molecule has 0 spiro atoms. The van der Waals surface area contributed by atoms with Gasteiger partial charge in [0.25, 0.3) is 5.91 Å². The summed E-state index contributed by atoms with van der Waals surface area (Å²) < 4.78 is 5.04. The molecular weight excluding hydrogens is 306 g/mol. The summed E-state index contributed by atoms with van der Waals surface area (Å²) in [6.07, 6.45) is 3.56. The molecule has 0 aliphatic carbocycles. The molecule has 6 nitrogen and oxygen atoms in total. The number of anilines is 1. The Hall–Kier alpha value is -2.89. The van der Waals surface area contributed by atoms with Crippen LogP contribution in [0.4, 0.5) is 10.5 Å². The van der Waals surface area contributed by atoms with Crippen LogP contribution in [0.25, 0.3) is 0 Å². The Morgan fingerprint density at radius 3 is 2.79 bits per heavy atom. The number of pyridine rings is 1. The zero-order valence-electron chi connectivity index (χ0n) is 13.5. The minimum absolute atomic E-state index is 0.185. The highest BCUT2D eigenvalue weighted by molar-refractivity contribution is 6.05. The number of nitrogens with zero attached hydrogens (tertiary/aromatic N) is 2. The van der Waals surface area contributed by atoms with E-state index < -0.39 is 0 Å². The van der Waals surface area contributed by atoms with Crippen LogP contribution in [0.2, 0.25) is 0 Å². The van der Waals surface area contributed by atoms with Crippen molar-refractivity contribution >= 4 is 17.7 Å². The van der Waals surface area contributed by atoms with Gasteiger partial charge in [0.15, 0.2) is 0 Å². The molecule has 6 heteroatoms. The van der Waals surface area contributed by atoms with E-state index in [2.05, 4.69) is 10.3 Å². The molecule has 3 rings (SSSR count). The summed E-state index contributed by atoms with van der Waals surface area (Å²) in [6, 6.07) is 9.30. The number of carbonyl (C=O) groups is 2. The lowest BCUT2D eigenvalue weighted by Crippen LogP contribution is -2.37. The van der Waals surface area contributed by atoms with Crippen LogP contribution in [0.15, 0.2) is 42.7 Å². The molecule has 1 aromatic carbocycles. The number of aromatic nitrogens is 1. The van der Waals surface area contributed by atoms with E-state index in [4.69, 9.17) is 4.74 Å². The monoisotopic (exact) mass is 325 g/mol. The minimum Gasteiger partial charge on any atom is -0.450 e. The standard InChI is InChI=1S/C18H19N3O3/c1-2-24-18(23)21-9-8-15-13(12-21)10-19-11-16(15)17(22)20-14-6-4-3-5-7-14/h3-7,10-11H,2,8-9,12H2,1H3,(H,20,22). The van der Waals surface area contributed by atoms with E-state index in [1.165, 1.54) is 0 Å². The number of carbonyl (C=O) groups excluding carboxylic acids is 2. The zero-order valence-corrected chi connectivity index (χ0v) is 13.5. The van der Waals surface area contributed by atoms with Crippen molar-refractivity contribution in [2.75, 3.05) is 18.5 Å². The van der Waals surface area contributed by atoms with Crippen molar-refractivity contribution in [2.45, 2.75) is 19.9 Å². The largest absolute Gasteiger partial charge is 0.450 e. The van der Waals surface area contributed by atoms with E-state index in [9.17, 15) is 9.59 Å². The quantitative estimate of drug-likeness (QED) is 0.942.